The van der Waals surface area contributed by atoms with Gasteiger partial charge >= 0.3 is 6.09 Å². The predicted octanol–water partition coefficient (Wildman–Crippen LogP) is 9.83. The van der Waals surface area contributed by atoms with Crippen molar-refractivity contribution in [1.29, 1.82) is 0 Å². The van der Waals surface area contributed by atoms with E-state index in [0.717, 1.165) is 48.1 Å². The number of nitrogens with one attached hydrogen (secondary N) is 1. The molecule has 11 heteroatoms. The highest BCUT2D eigenvalue weighted by Gasteiger charge is 2.30. The van der Waals surface area contributed by atoms with Gasteiger partial charge in [-0.25, -0.2) is 4.79 Å². The largest absolute Gasteiger partial charge is 0.497 e. The number of carbonyl (C=O) groups excluding carboxylic acids is 2. The van der Waals surface area contributed by atoms with E-state index in [0.29, 0.717) is 55.0 Å². The van der Waals surface area contributed by atoms with Crippen molar-refractivity contribution < 1.29 is 33.3 Å². The monoisotopic (exact) mass is 809 g/mol. The zero-order valence-corrected chi connectivity index (χ0v) is 35.3. The molecule has 1 aliphatic rings. The summed E-state index contributed by atoms with van der Waals surface area (Å²) in [5, 5.41) is 4.72. The van der Waals surface area contributed by atoms with Crippen LogP contribution in [-0.2, 0) is 33.8 Å². The maximum Gasteiger partial charge on any atom is 0.407 e. The van der Waals surface area contributed by atoms with E-state index in [9.17, 15) is 9.59 Å². The van der Waals surface area contributed by atoms with E-state index >= 15 is 0 Å². The Hall–Kier alpha value is -5.19. The van der Waals surface area contributed by atoms with Crippen molar-refractivity contribution in [3.05, 3.63) is 113 Å². The first-order valence-corrected chi connectivity index (χ1v) is 20.4. The molecule has 10 nitrogen and oxygen atoms in total. The van der Waals surface area contributed by atoms with Gasteiger partial charge in [0.25, 0.3) is 0 Å². The van der Waals surface area contributed by atoms with Gasteiger partial charge in [0.05, 0.1) is 19.2 Å². The second-order valence-corrected chi connectivity index (χ2v) is 16.3. The number of aryl methyl sites for hydroxylation is 1. The molecule has 2 amide bonds. The van der Waals surface area contributed by atoms with Crippen molar-refractivity contribution in [2.24, 2.45) is 0 Å². The Morgan fingerprint density at radius 3 is 2.29 bits per heavy atom. The third-order valence-electron chi connectivity index (χ3n) is 10.4. The Morgan fingerprint density at radius 1 is 0.879 bits per heavy atom. The molecule has 6 rings (SSSR count). The van der Waals surface area contributed by atoms with Crippen LogP contribution < -0.4 is 19.5 Å². The summed E-state index contributed by atoms with van der Waals surface area (Å²) in [4.78, 5) is 29.1. The normalized spacial score (nSPS) is 14.9. The van der Waals surface area contributed by atoms with Gasteiger partial charge in [0.2, 0.25) is 5.91 Å². The molecule has 1 aromatic heterocycles. The van der Waals surface area contributed by atoms with Crippen molar-refractivity contribution in [2.75, 3.05) is 41.0 Å². The number of likely N-dealkylation sites (tertiary alicyclic amines) is 1. The van der Waals surface area contributed by atoms with Crippen LogP contribution in [0.2, 0.25) is 5.02 Å². The van der Waals surface area contributed by atoms with E-state index < -0.39 is 17.7 Å². The fraction of sp³-hybridized carbons (Fsp3) is 0.404. The van der Waals surface area contributed by atoms with Gasteiger partial charge in [-0.1, -0.05) is 60.1 Å². The zero-order chi connectivity index (χ0) is 41.2. The molecule has 0 saturated carbocycles. The quantitative estimate of drug-likeness (QED) is 0.0991. The summed E-state index contributed by atoms with van der Waals surface area (Å²) in [5.41, 5.74) is 5.57. The number of fused-ring (bicyclic) bond motifs is 1. The third-order valence-corrected chi connectivity index (χ3v) is 10.7. The van der Waals surface area contributed by atoms with Crippen molar-refractivity contribution >= 4 is 34.5 Å². The molecule has 1 fully saturated rings. The SMILES string of the molecule is COCCCn1c(C2CCCN(C(=O)C[C@@H](Cc3ccc(-c4ccc(OCc5cc(OC)cc(OC)c5)c(Cl)c4)cc3)NC(=O)OC(C)(C)C)C2)cc2ccccc21. The van der Waals surface area contributed by atoms with Gasteiger partial charge in [-0.2, -0.15) is 0 Å². The third kappa shape index (κ3) is 11.3. The highest BCUT2D eigenvalue weighted by Crippen LogP contribution is 2.34. The van der Waals surface area contributed by atoms with Gasteiger partial charge in [-0.15, -0.1) is 0 Å². The van der Waals surface area contributed by atoms with Crippen LogP contribution >= 0.6 is 11.6 Å². The van der Waals surface area contributed by atoms with E-state index in [2.05, 4.69) is 40.2 Å². The summed E-state index contributed by atoms with van der Waals surface area (Å²) >= 11 is 6.70. The van der Waals surface area contributed by atoms with Crippen LogP contribution in [-0.4, -0.2) is 74.1 Å². The molecular weight excluding hydrogens is 754 g/mol. The van der Waals surface area contributed by atoms with E-state index in [-0.39, 0.29) is 18.2 Å². The van der Waals surface area contributed by atoms with E-state index in [4.69, 9.17) is 35.3 Å². The fourth-order valence-electron chi connectivity index (χ4n) is 7.65. The Morgan fingerprint density at radius 2 is 1.60 bits per heavy atom. The number of benzene rings is 4. The van der Waals surface area contributed by atoms with Crippen molar-refractivity contribution in [3.63, 3.8) is 0 Å². The molecule has 58 heavy (non-hydrogen) atoms. The molecule has 0 aliphatic carbocycles. The van der Waals surface area contributed by atoms with Crippen molar-refractivity contribution in [1.82, 2.24) is 14.8 Å². The Bertz CT molecular complexity index is 2140. The average molecular weight is 810 g/mol. The lowest BCUT2D eigenvalue weighted by Crippen LogP contribution is -2.46. The lowest BCUT2D eigenvalue weighted by molar-refractivity contribution is -0.132. The second-order valence-electron chi connectivity index (χ2n) is 15.9. The minimum atomic E-state index is -0.674. The summed E-state index contributed by atoms with van der Waals surface area (Å²) in [7, 11) is 4.96. The van der Waals surface area contributed by atoms with Crippen LogP contribution in [0, 0.1) is 0 Å². The highest BCUT2D eigenvalue weighted by molar-refractivity contribution is 6.32. The van der Waals surface area contributed by atoms with Crippen LogP contribution in [0.25, 0.3) is 22.0 Å². The van der Waals surface area contributed by atoms with Gasteiger partial charge in [0.1, 0.15) is 29.5 Å². The number of ether oxygens (including phenoxy) is 5. The van der Waals surface area contributed by atoms with E-state index in [1.807, 2.05) is 86.3 Å². The van der Waals surface area contributed by atoms with Crippen LogP contribution in [0.3, 0.4) is 0 Å². The average Bonchev–Trinajstić information content (AvgIpc) is 3.58. The van der Waals surface area contributed by atoms with Crippen LogP contribution in [0.15, 0.2) is 91.0 Å². The van der Waals surface area contributed by atoms with Gasteiger partial charge in [0, 0.05) is 69.0 Å². The second kappa shape index (κ2) is 19.5. The Balaban J connectivity index is 1.13. The molecule has 4 aromatic carbocycles. The van der Waals surface area contributed by atoms with E-state index in [1.165, 1.54) is 16.6 Å². The predicted molar refractivity (Wildman–Crippen MR) is 229 cm³/mol. The number of nitrogens with zero attached hydrogens (tertiary/aromatic N) is 2. The molecule has 1 unspecified atom stereocenters. The lowest BCUT2D eigenvalue weighted by Gasteiger charge is -2.34. The number of aromatic nitrogens is 1. The van der Waals surface area contributed by atoms with Crippen molar-refractivity contribution in [2.45, 2.75) is 83.6 Å². The van der Waals surface area contributed by atoms with Gasteiger partial charge in [-0.3, -0.25) is 4.79 Å². The molecule has 5 aromatic rings. The van der Waals surface area contributed by atoms with Crippen LogP contribution in [0.5, 0.6) is 17.2 Å². The first kappa shape index (κ1) is 42.4. The standard InChI is InChI=1S/C47H56ClN3O7/c1-47(2,3)58-46(53)49-38(28-45(52)50-20-9-12-37(30-50)43-27-36-11-7-8-13-42(36)51(43)21-10-22-54-4)23-32-14-16-34(17-15-32)35-18-19-44(41(48)26-35)57-31-33-24-39(55-5)29-40(25-33)56-6/h7-8,11,13-19,24-27,29,37-38H,9-10,12,20-23,28,30-31H2,1-6H3,(H,49,53)/t37?,38-/m1/s1. The maximum absolute atomic E-state index is 14.1. The summed E-state index contributed by atoms with van der Waals surface area (Å²) in [5.74, 6) is 2.16. The van der Waals surface area contributed by atoms with Gasteiger partial charge in [-0.05, 0) is 110 Å². The number of hydrogen-bond donors (Lipinski definition) is 1. The molecule has 1 aliphatic heterocycles. The fourth-order valence-corrected chi connectivity index (χ4v) is 7.88. The first-order chi connectivity index (χ1) is 27.9. The van der Waals surface area contributed by atoms with Crippen LogP contribution in [0.4, 0.5) is 4.79 Å². The molecular formula is C47H56ClN3O7. The molecule has 308 valence electrons. The number of methoxy groups -OCH3 is 3. The van der Waals surface area contributed by atoms with E-state index in [1.54, 1.807) is 21.3 Å². The summed E-state index contributed by atoms with van der Waals surface area (Å²) < 4.78 is 30.2. The molecule has 2 atom stereocenters. The Kier molecular flexibility index (Phi) is 14.3. The lowest BCUT2D eigenvalue weighted by atomic mass is 9.93. The van der Waals surface area contributed by atoms with Crippen LogP contribution in [0.1, 0.15) is 69.2 Å². The molecule has 0 bridgehead atoms. The number of carbonyl (C=O) groups is 2. The van der Waals surface area contributed by atoms with Gasteiger partial charge < -0.3 is 38.5 Å². The first-order valence-electron chi connectivity index (χ1n) is 20.0. The Labute approximate surface area is 347 Å². The summed E-state index contributed by atoms with van der Waals surface area (Å²) in [6.07, 6.45) is 2.91. The number of para-hydroxylation sites is 1. The molecule has 1 N–H and O–H groups in total. The zero-order valence-electron chi connectivity index (χ0n) is 34.5. The topological polar surface area (TPSA) is 100 Å². The number of alkyl carbamates (subject to hydrolysis) is 1. The number of halogens is 1. The molecule has 2 heterocycles. The number of rotatable bonds is 16. The van der Waals surface area contributed by atoms with Gasteiger partial charge in [0.15, 0.2) is 0 Å². The minimum Gasteiger partial charge on any atom is -0.497 e. The number of amides is 2. The maximum atomic E-state index is 14.1. The smallest absolute Gasteiger partial charge is 0.407 e. The summed E-state index contributed by atoms with van der Waals surface area (Å²) in [6, 6.07) is 29.7. The molecule has 0 radical (unpaired) electrons. The minimum absolute atomic E-state index is 0.0203. The summed E-state index contributed by atoms with van der Waals surface area (Å²) in [6.45, 7) is 8.66. The number of piperidine rings is 1. The highest BCUT2D eigenvalue weighted by atomic mass is 35.5. The number of hydrogen-bond acceptors (Lipinski definition) is 7. The molecule has 0 spiro atoms. The van der Waals surface area contributed by atoms with Crippen molar-refractivity contribution in [3.8, 4) is 28.4 Å². The molecule has 1 saturated heterocycles.